The van der Waals surface area contributed by atoms with E-state index in [4.69, 9.17) is 4.42 Å². The number of piperazine rings is 1. The van der Waals surface area contributed by atoms with Gasteiger partial charge in [-0.1, -0.05) is 0 Å². The molecule has 2 heterocycles. The summed E-state index contributed by atoms with van der Waals surface area (Å²) in [5.74, 6) is 0.834. The van der Waals surface area contributed by atoms with Gasteiger partial charge in [-0.2, -0.15) is 0 Å². The molecule has 2 aromatic rings. The number of halogens is 1. The molecule has 0 atom stereocenters. The molecule has 1 saturated carbocycles. The van der Waals surface area contributed by atoms with Gasteiger partial charge < -0.3 is 14.6 Å². The fourth-order valence-electron chi connectivity index (χ4n) is 3.14. The number of benzene rings is 1. The highest BCUT2D eigenvalue weighted by molar-refractivity contribution is 5.91. The molecular weight excluding hydrogens is 335 g/mol. The maximum atomic E-state index is 13.0. The van der Waals surface area contributed by atoms with Gasteiger partial charge >= 0.3 is 0 Å². The number of oxazole rings is 1. The van der Waals surface area contributed by atoms with E-state index in [0.29, 0.717) is 24.0 Å². The van der Waals surface area contributed by atoms with Gasteiger partial charge in [-0.15, -0.1) is 0 Å². The molecule has 4 rings (SSSR count). The van der Waals surface area contributed by atoms with E-state index in [2.05, 4.69) is 20.1 Å². The van der Waals surface area contributed by atoms with Crippen molar-refractivity contribution >= 4 is 11.6 Å². The molecule has 0 spiro atoms. The van der Waals surface area contributed by atoms with Gasteiger partial charge in [0, 0.05) is 38.4 Å². The first-order valence-corrected chi connectivity index (χ1v) is 9.13. The van der Waals surface area contributed by atoms with Crippen LogP contribution in [-0.2, 0) is 6.54 Å². The maximum Gasteiger partial charge on any atom is 0.273 e. The lowest BCUT2D eigenvalue weighted by Gasteiger charge is -2.35. The summed E-state index contributed by atoms with van der Waals surface area (Å²) in [6.45, 7) is 4.77. The number of aromatic nitrogens is 1. The monoisotopic (exact) mass is 358 g/mol. The quantitative estimate of drug-likeness (QED) is 0.858. The standard InChI is InChI=1S/C19H23FN4O2/c20-15-3-5-16(6-4-15)24-9-7-23(8-10-24)12-18-22-17(13-26-18)19(25)21-11-14-1-2-14/h3-6,13-14H,1-2,7-12H2,(H,21,25). The first kappa shape index (κ1) is 17.0. The average Bonchev–Trinajstić information content (AvgIpc) is 3.38. The summed E-state index contributed by atoms with van der Waals surface area (Å²) in [4.78, 5) is 20.8. The molecule has 1 aliphatic heterocycles. The molecule has 7 heteroatoms. The summed E-state index contributed by atoms with van der Waals surface area (Å²) in [5.41, 5.74) is 1.39. The number of carbonyl (C=O) groups excluding carboxylic acids is 1. The van der Waals surface area contributed by atoms with Crippen LogP contribution in [0.15, 0.2) is 34.9 Å². The predicted octanol–water partition coefficient (Wildman–Crippen LogP) is 2.28. The fourth-order valence-corrected chi connectivity index (χ4v) is 3.14. The van der Waals surface area contributed by atoms with Crippen molar-refractivity contribution in [3.8, 4) is 0 Å². The number of nitrogens with zero attached hydrogens (tertiary/aromatic N) is 3. The molecule has 2 aliphatic rings. The Hall–Kier alpha value is -2.41. The Bertz CT molecular complexity index is 749. The van der Waals surface area contributed by atoms with E-state index < -0.39 is 0 Å². The van der Waals surface area contributed by atoms with Crippen molar-refractivity contribution in [3.63, 3.8) is 0 Å². The molecule has 26 heavy (non-hydrogen) atoms. The summed E-state index contributed by atoms with van der Waals surface area (Å²) < 4.78 is 18.5. The largest absolute Gasteiger partial charge is 0.447 e. The summed E-state index contributed by atoms with van der Waals surface area (Å²) in [7, 11) is 0. The second-order valence-electron chi connectivity index (χ2n) is 7.02. The first-order chi connectivity index (χ1) is 12.7. The minimum absolute atomic E-state index is 0.159. The number of carbonyl (C=O) groups is 1. The third-order valence-corrected chi connectivity index (χ3v) is 4.96. The van der Waals surface area contributed by atoms with E-state index in [-0.39, 0.29) is 11.7 Å². The van der Waals surface area contributed by atoms with E-state index in [9.17, 15) is 9.18 Å². The van der Waals surface area contributed by atoms with Gasteiger partial charge in [0.05, 0.1) is 6.54 Å². The van der Waals surface area contributed by atoms with Gasteiger partial charge in [-0.25, -0.2) is 9.37 Å². The van der Waals surface area contributed by atoms with Crippen molar-refractivity contribution in [2.75, 3.05) is 37.6 Å². The molecule has 1 aromatic carbocycles. The van der Waals surface area contributed by atoms with E-state index >= 15 is 0 Å². The Kier molecular flexibility index (Phi) is 4.88. The Labute approximate surface area is 152 Å². The third-order valence-electron chi connectivity index (χ3n) is 4.96. The van der Waals surface area contributed by atoms with Crippen LogP contribution in [0.2, 0.25) is 0 Å². The lowest BCUT2D eigenvalue weighted by molar-refractivity contribution is 0.0946. The molecule has 0 bridgehead atoms. The zero-order valence-corrected chi connectivity index (χ0v) is 14.7. The van der Waals surface area contributed by atoms with E-state index in [1.54, 1.807) is 0 Å². The average molecular weight is 358 g/mol. The highest BCUT2D eigenvalue weighted by atomic mass is 19.1. The lowest BCUT2D eigenvalue weighted by atomic mass is 10.2. The second kappa shape index (κ2) is 7.45. The van der Waals surface area contributed by atoms with Gasteiger partial charge in [0.15, 0.2) is 5.69 Å². The number of rotatable bonds is 6. The van der Waals surface area contributed by atoms with Crippen LogP contribution in [0.25, 0.3) is 0 Å². The fraction of sp³-hybridized carbons (Fsp3) is 0.474. The Morgan fingerprint density at radius 3 is 2.62 bits per heavy atom. The molecule has 1 aliphatic carbocycles. The van der Waals surface area contributed by atoms with Crippen molar-refractivity contribution in [2.24, 2.45) is 5.92 Å². The van der Waals surface area contributed by atoms with Crippen molar-refractivity contribution < 1.29 is 13.6 Å². The van der Waals surface area contributed by atoms with Gasteiger partial charge in [-0.3, -0.25) is 9.69 Å². The highest BCUT2D eigenvalue weighted by Gasteiger charge is 2.23. The summed E-state index contributed by atoms with van der Waals surface area (Å²) >= 11 is 0. The van der Waals surface area contributed by atoms with Crippen molar-refractivity contribution in [1.82, 2.24) is 15.2 Å². The van der Waals surface area contributed by atoms with Gasteiger partial charge in [0.2, 0.25) is 5.89 Å². The first-order valence-electron chi connectivity index (χ1n) is 9.13. The zero-order chi connectivity index (χ0) is 17.9. The SMILES string of the molecule is O=C(NCC1CC1)c1coc(CN2CCN(c3ccc(F)cc3)CC2)n1. The van der Waals surface area contributed by atoms with Crippen LogP contribution in [-0.4, -0.2) is 48.5 Å². The lowest BCUT2D eigenvalue weighted by Crippen LogP contribution is -2.46. The predicted molar refractivity (Wildman–Crippen MR) is 95.5 cm³/mol. The van der Waals surface area contributed by atoms with Crippen LogP contribution >= 0.6 is 0 Å². The van der Waals surface area contributed by atoms with Crippen LogP contribution < -0.4 is 10.2 Å². The number of hydrogen-bond donors (Lipinski definition) is 1. The molecule has 1 N–H and O–H groups in total. The van der Waals surface area contributed by atoms with Gasteiger partial charge in [-0.05, 0) is 43.0 Å². The molecule has 6 nitrogen and oxygen atoms in total. The van der Waals surface area contributed by atoms with Crippen molar-refractivity contribution in [2.45, 2.75) is 19.4 Å². The Balaban J connectivity index is 1.26. The van der Waals surface area contributed by atoms with Crippen LogP contribution in [0.3, 0.4) is 0 Å². The maximum absolute atomic E-state index is 13.0. The number of amides is 1. The van der Waals surface area contributed by atoms with E-state index in [1.807, 2.05) is 12.1 Å². The molecule has 0 unspecified atom stereocenters. The molecule has 1 saturated heterocycles. The van der Waals surface area contributed by atoms with Crippen LogP contribution in [0.4, 0.5) is 10.1 Å². The molecule has 1 amide bonds. The second-order valence-corrected chi connectivity index (χ2v) is 7.02. The minimum Gasteiger partial charge on any atom is -0.447 e. The molecule has 1 aromatic heterocycles. The topological polar surface area (TPSA) is 61.6 Å². The number of nitrogens with one attached hydrogen (secondary N) is 1. The normalized spacial score (nSPS) is 18.1. The highest BCUT2D eigenvalue weighted by Crippen LogP contribution is 2.27. The van der Waals surface area contributed by atoms with Crippen molar-refractivity contribution in [1.29, 1.82) is 0 Å². The molecule has 138 valence electrons. The summed E-state index contributed by atoms with van der Waals surface area (Å²) in [6, 6.07) is 6.60. The van der Waals surface area contributed by atoms with Crippen LogP contribution in [0.5, 0.6) is 0 Å². The zero-order valence-electron chi connectivity index (χ0n) is 14.7. The number of hydrogen-bond acceptors (Lipinski definition) is 5. The molecular formula is C19H23FN4O2. The molecule has 2 fully saturated rings. The van der Waals surface area contributed by atoms with Crippen molar-refractivity contribution in [3.05, 3.63) is 47.9 Å². The summed E-state index contributed by atoms with van der Waals surface area (Å²) in [5, 5.41) is 2.90. The van der Waals surface area contributed by atoms with Crippen LogP contribution in [0, 0.1) is 11.7 Å². The van der Waals surface area contributed by atoms with E-state index in [1.165, 1.54) is 31.2 Å². The van der Waals surface area contributed by atoms with E-state index in [0.717, 1.165) is 38.4 Å². The Morgan fingerprint density at radius 1 is 1.19 bits per heavy atom. The smallest absolute Gasteiger partial charge is 0.273 e. The third kappa shape index (κ3) is 4.22. The number of anilines is 1. The minimum atomic E-state index is -0.215. The van der Waals surface area contributed by atoms with Gasteiger partial charge in [0.1, 0.15) is 12.1 Å². The Morgan fingerprint density at radius 2 is 1.92 bits per heavy atom. The van der Waals surface area contributed by atoms with Crippen LogP contribution in [0.1, 0.15) is 29.2 Å². The van der Waals surface area contributed by atoms with Gasteiger partial charge in [0.25, 0.3) is 5.91 Å². The molecule has 0 radical (unpaired) electrons. The summed E-state index contributed by atoms with van der Waals surface area (Å²) in [6.07, 6.45) is 3.84.